The smallest absolute Gasteiger partial charge is 0.453 e. The quantitative estimate of drug-likeness (QED) is 0.326. The van der Waals surface area contributed by atoms with E-state index >= 15 is 0 Å². The number of nitrogens with zero attached hydrogens (tertiary/aromatic N) is 6. The maximum absolute atomic E-state index is 13.7. The summed E-state index contributed by atoms with van der Waals surface area (Å²) in [5.74, 6) is -0.534. The summed E-state index contributed by atoms with van der Waals surface area (Å²) in [5, 5.41) is 20.9. The van der Waals surface area contributed by atoms with Gasteiger partial charge in [-0.1, -0.05) is 60.7 Å². The zero-order valence-corrected chi connectivity index (χ0v) is 23.9. The van der Waals surface area contributed by atoms with Crippen molar-refractivity contribution in [2.75, 3.05) is 33.9 Å². The van der Waals surface area contributed by atoms with Crippen molar-refractivity contribution < 1.29 is 27.8 Å². The highest BCUT2D eigenvalue weighted by Crippen LogP contribution is 2.41. The van der Waals surface area contributed by atoms with E-state index in [1.165, 1.54) is 31.4 Å². The number of fused-ring (bicyclic) bond motifs is 1. The molecule has 0 aliphatic carbocycles. The molecule has 6 rings (SSSR count). The molecule has 12 heteroatoms. The van der Waals surface area contributed by atoms with Crippen LogP contribution in [-0.2, 0) is 12.7 Å². The topological polar surface area (TPSA) is 88.8 Å². The largest absolute Gasteiger partial charge is 0.496 e. The molecule has 2 fully saturated rings. The van der Waals surface area contributed by atoms with Gasteiger partial charge in [0, 0.05) is 44.2 Å². The van der Waals surface area contributed by atoms with E-state index in [2.05, 4.69) is 49.6 Å². The zero-order chi connectivity index (χ0) is 30.1. The van der Waals surface area contributed by atoms with Crippen molar-refractivity contribution in [1.29, 1.82) is 0 Å². The summed E-state index contributed by atoms with van der Waals surface area (Å²) in [6.07, 6.45) is -4.56. The van der Waals surface area contributed by atoms with Crippen LogP contribution in [-0.4, -0.2) is 87.2 Å². The lowest BCUT2D eigenvalue weighted by Crippen LogP contribution is -2.58. The van der Waals surface area contributed by atoms with Gasteiger partial charge < -0.3 is 14.6 Å². The van der Waals surface area contributed by atoms with Gasteiger partial charge in [-0.2, -0.15) is 17.9 Å². The van der Waals surface area contributed by atoms with Gasteiger partial charge in [0.05, 0.1) is 25.9 Å². The first kappa shape index (κ1) is 29.1. The Bertz CT molecular complexity index is 1500. The number of hydrogen-bond donors (Lipinski definition) is 1. The van der Waals surface area contributed by atoms with Crippen LogP contribution in [0.5, 0.6) is 11.5 Å². The second kappa shape index (κ2) is 11.9. The fourth-order valence-electron chi connectivity index (χ4n) is 6.71. The third kappa shape index (κ3) is 5.69. The van der Waals surface area contributed by atoms with E-state index < -0.39 is 18.1 Å². The highest BCUT2D eigenvalue weighted by molar-refractivity contribution is 5.58. The number of aromatic nitrogens is 4. The SMILES string of the molecule is COc1ccc(-n2nnnc2C(F)(F)F)c(OC)c1CN1C[C@@H]2C[C@@H](O)CN2[C@H](C(c2ccccc2)c2ccccc2)C1. The van der Waals surface area contributed by atoms with Crippen LogP contribution in [0.1, 0.15) is 34.9 Å². The molecule has 3 atom stereocenters. The molecule has 4 aromatic rings. The van der Waals surface area contributed by atoms with Crippen molar-refractivity contribution in [2.45, 2.75) is 43.2 Å². The van der Waals surface area contributed by atoms with Gasteiger partial charge in [0.2, 0.25) is 0 Å². The summed E-state index contributed by atoms with van der Waals surface area (Å²) in [7, 11) is 2.93. The fraction of sp³-hybridized carbons (Fsp3) is 0.387. The van der Waals surface area contributed by atoms with E-state index in [4.69, 9.17) is 9.47 Å². The normalized spacial score (nSPS) is 21.2. The number of methoxy groups -OCH3 is 2. The van der Waals surface area contributed by atoms with Gasteiger partial charge >= 0.3 is 6.18 Å². The van der Waals surface area contributed by atoms with Gasteiger partial charge in [0.15, 0.2) is 5.75 Å². The highest BCUT2D eigenvalue weighted by atomic mass is 19.4. The average molecular weight is 595 g/mol. The molecule has 0 unspecified atom stereocenters. The summed E-state index contributed by atoms with van der Waals surface area (Å²) < 4.78 is 53.2. The minimum absolute atomic E-state index is 0.0252. The number of benzene rings is 3. The Morgan fingerprint density at radius 2 is 1.58 bits per heavy atom. The van der Waals surface area contributed by atoms with Crippen LogP contribution in [0.15, 0.2) is 72.8 Å². The molecule has 1 aromatic heterocycles. The summed E-state index contributed by atoms with van der Waals surface area (Å²) >= 11 is 0. The molecule has 2 saturated heterocycles. The molecular weight excluding hydrogens is 561 g/mol. The first-order valence-corrected chi connectivity index (χ1v) is 14.1. The Morgan fingerprint density at radius 1 is 0.907 bits per heavy atom. The van der Waals surface area contributed by atoms with E-state index in [-0.39, 0.29) is 29.4 Å². The van der Waals surface area contributed by atoms with Crippen molar-refractivity contribution in [2.24, 2.45) is 0 Å². The number of hydrogen-bond acceptors (Lipinski definition) is 8. The van der Waals surface area contributed by atoms with Crippen LogP contribution < -0.4 is 9.47 Å². The Kier molecular flexibility index (Phi) is 8.08. The molecule has 0 saturated carbocycles. The molecule has 1 N–H and O–H groups in total. The molecule has 2 aliphatic rings. The molecule has 43 heavy (non-hydrogen) atoms. The number of alkyl halides is 3. The number of halogens is 3. The summed E-state index contributed by atoms with van der Waals surface area (Å²) in [6, 6.07) is 23.9. The van der Waals surface area contributed by atoms with Crippen LogP contribution in [0, 0.1) is 0 Å². The lowest BCUT2D eigenvalue weighted by molar-refractivity contribution is -0.146. The lowest BCUT2D eigenvalue weighted by atomic mass is 9.82. The van der Waals surface area contributed by atoms with E-state index in [1.54, 1.807) is 6.07 Å². The Hall–Kier alpha value is -4.00. The minimum Gasteiger partial charge on any atom is -0.496 e. The summed E-state index contributed by atoms with van der Waals surface area (Å²) in [4.78, 5) is 4.70. The van der Waals surface area contributed by atoms with Crippen molar-refractivity contribution in [3.63, 3.8) is 0 Å². The van der Waals surface area contributed by atoms with E-state index in [0.29, 0.717) is 48.6 Å². The number of rotatable bonds is 8. The molecule has 0 bridgehead atoms. The molecular formula is C31H33F3N6O3. The molecule has 3 heterocycles. The van der Waals surface area contributed by atoms with Crippen LogP contribution in [0.2, 0.25) is 0 Å². The molecule has 0 spiro atoms. The van der Waals surface area contributed by atoms with Crippen LogP contribution in [0.4, 0.5) is 13.2 Å². The van der Waals surface area contributed by atoms with Gasteiger partial charge in [-0.3, -0.25) is 9.80 Å². The van der Waals surface area contributed by atoms with E-state index in [0.717, 1.165) is 0 Å². The number of ether oxygens (including phenoxy) is 2. The van der Waals surface area contributed by atoms with Gasteiger partial charge in [-0.05, 0) is 40.1 Å². The lowest BCUT2D eigenvalue weighted by Gasteiger charge is -2.47. The first-order chi connectivity index (χ1) is 20.8. The predicted molar refractivity (Wildman–Crippen MR) is 152 cm³/mol. The monoisotopic (exact) mass is 594 g/mol. The fourth-order valence-corrected chi connectivity index (χ4v) is 6.71. The molecule has 0 amide bonds. The van der Waals surface area contributed by atoms with E-state index in [9.17, 15) is 18.3 Å². The van der Waals surface area contributed by atoms with Crippen molar-refractivity contribution in [1.82, 2.24) is 30.0 Å². The molecule has 226 valence electrons. The first-order valence-electron chi connectivity index (χ1n) is 14.1. The maximum Gasteiger partial charge on any atom is 0.453 e. The van der Waals surface area contributed by atoms with Gasteiger partial charge in [0.1, 0.15) is 11.4 Å². The second-order valence-electron chi connectivity index (χ2n) is 11.0. The molecule has 0 radical (unpaired) electrons. The molecule has 2 aliphatic heterocycles. The summed E-state index contributed by atoms with van der Waals surface area (Å²) in [5.41, 5.74) is 3.01. The molecule has 3 aromatic carbocycles. The van der Waals surface area contributed by atoms with Crippen LogP contribution in [0.3, 0.4) is 0 Å². The number of aliphatic hydroxyl groups is 1. The zero-order valence-electron chi connectivity index (χ0n) is 23.9. The predicted octanol–water partition coefficient (Wildman–Crippen LogP) is 4.15. The average Bonchev–Trinajstić information content (AvgIpc) is 3.65. The maximum atomic E-state index is 13.7. The Labute approximate surface area is 247 Å². The van der Waals surface area contributed by atoms with E-state index in [1.807, 2.05) is 36.4 Å². The van der Waals surface area contributed by atoms with Crippen molar-refractivity contribution in [3.05, 3.63) is 95.3 Å². The number of aliphatic hydroxyl groups excluding tert-OH is 1. The third-order valence-electron chi connectivity index (χ3n) is 8.43. The van der Waals surface area contributed by atoms with Crippen molar-refractivity contribution >= 4 is 0 Å². The van der Waals surface area contributed by atoms with Gasteiger partial charge in [-0.25, -0.2) is 0 Å². The van der Waals surface area contributed by atoms with Crippen LogP contribution in [0.25, 0.3) is 5.69 Å². The van der Waals surface area contributed by atoms with Crippen molar-refractivity contribution in [3.8, 4) is 17.2 Å². The Balaban J connectivity index is 1.40. The number of tetrazole rings is 1. The van der Waals surface area contributed by atoms with Gasteiger partial charge in [0.25, 0.3) is 5.82 Å². The standard InChI is InChI=1S/C31H33F3N6O3/c1-42-27-14-13-25(40-30(31(32,33)34)35-36-37-40)29(43-2)24(27)18-38-16-22-15-23(41)17-39(22)26(19-38)28(20-9-5-3-6-10-20)21-11-7-4-8-12-21/h3-14,22-23,26,28,41H,15-19H2,1-2H3/t22-,23+,26-/m0/s1. The summed E-state index contributed by atoms with van der Waals surface area (Å²) in [6.45, 7) is 2.24. The molecule has 9 nitrogen and oxygen atoms in total. The minimum atomic E-state index is -4.76. The second-order valence-corrected chi connectivity index (χ2v) is 11.0. The van der Waals surface area contributed by atoms with Crippen LogP contribution >= 0.6 is 0 Å². The number of piperazine rings is 1. The van der Waals surface area contributed by atoms with Gasteiger partial charge in [-0.15, -0.1) is 5.10 Å². The highest BCUT2D eigenvalue weighted by Gasteiger charge is 2.45. The Morgan fingerprint density at radius 3 is 2.19 bits per heavy atom. The third-order valence-corrected chi connectivity index (χ3v) is 8.43.